The Hall–Kier alpha value is -0.930. The van der Waals surface area contributed by atoms with Crippen molar-refractivity contribution in [3.8, 4) is 0 Å². The molecule has 3 rings (SSSR count). The summed E-state index contributed by atoms with van der Waals surface area (Å²) in [4.78, 5) is 4.69. The van der Waals surface area contributed by atoms with Crippen LogP contribution in [0.4, 0.5) is 0 Å². The molecule has 0 aromatic carbocycles. The third-order valence-electron chi connectivity index (χ3n) is 4.28. The van der Waals surface area contributed by atoms with E-state index < -0.39 is 0 Å². The van der Waals surface area contributed by atoms with E-state index >= 15 is 0 Å². The number of nitrogens with one attached hydrogen (secondary N) is 1. The maximum atomic E-state index is 6.06. The molecule has 3 nitrogen and oxygen atoms in total. The van der Waals surface area contributed by atoms with Gasteiger partial charge in [0, 0.05) is 12.6 Å². The van der Waals surface area contributed by atoms with Gasteiger partial charge in [-0.1, -0.05) is 31.7 Å². The summed E-state index contributed by atoms with van der Waals surface area (Å²) >= 11 is 0. The van der Waals surface area contributed by atoms with Crippen molar-refractivity contribution < 1.29 is 4.74 Å². The molecular weight excluding hydrogens is 248 g/mol. The van der Waals surface area contributed by atoms with Crippen molar-refractivity contribution in [1.82, 2.24) is 10.3 Å². The van der Waals surface area contributed by atoms with E-state index in [9.17, 15) is 0 Å². The molecule has 110 valence electrons. The van der Waals surface area contributed by atoms with Gasteiger partial charge in [0.2, 0.25) is 0 Å². The van der Waals surface area contributed by atoms with Crippen LogP contribution in [0.15, 0.2) is 18.2 Å². The Kier molecular flexibility index (Phi) is 5.04. The third-order valence-corrected chi connectivity index (χ3v) is 4.28. The third kappa shape index (κ3) is 4.57. The van der Waals surface area contributed by atoms with Crippen molar-refractivity contribution in [2.75, 3.05) is 0 Å². The fraction of sp³-hybridized carbons (Fsp3) is 0.706. The Labute approximate surface area is 122 Å². The lowest BCUT2D eigenvalue weighted by Gasteiger charge is -2.15. The van der Waals surface area contributed by atoms with Crippen LogP contribution in [0.3, 0.4) is 0 Å². The minimum absolute atomic E-state index is 0.451. The molecule has 0 spiro atoms. The maximum absolute atomic E-state index is 6.06. The topological polar surface area (TPSA) is 34.2 Å². The molecule has 2 aliphatic rings. The van der Waals surface area contributed by atoms with Crippen LogP contribution in [0.5, 0.6) is 0 Å². The normalized spacial score (nSPS) is 20.8. The summed E-state index contributed by atoms with van der Waals surface area (Å²) in [5, 5.41) is 3.51. The minimum Gasteiger partial charge on any atom is -0.372 e. The summed E-state index contributed by atoms with van der Waals surface area (Å²) in [6.45, 7) is 1.56. The molecule has 2 fully saturated rings. The lowest BCUT2D eigenvalue weighted by molar-refractivity contribution is 0.0291. The smallest absolute Gasteiger partial charge is 0.0891 e. The summed E-state index contributed by atoms with van der Waals surface area (Å²) < 4.78 is 6.06. The first-order valence-corrected chi connectivity index (χ1v) is 8.20. The number of hydrogen-bond acceptors (Lipinski definition) is 3. The quantitative estimate of drug-likeness (QED) is 0.805. The molecule has 2 saturated carbocycles. The summed E-state index contributed by atoms with van der Waals surface area (Å²) in [6, 6.07) is 7.02. The number of aromatic nitrogens is 1. The summed E-state index contributed by atoms with van der Waals surface area (Å²) in [5.41, 5.74) is 2.21. The van der Waals surface area contributed by atoms with Crippen LogP contribution in [0.2, 0.25) is 0 Å². The fourth-order valence-corrected chi connectivity index (χ4v) is 2.86. The number of rotatable bonds is 6. The zero-order valence-electron chi connectivity index (χ0n) is 12.3. The van der Waals surface area contributed by atoms with Gasteiger partial charge in [-0.3, -0.25) is 4.98 Å². The van der Waals surface area contributed by atoms with E-state index in [1.807, 2.05) is 0 Å². The van der Waals surface area contributed by atoms with E-state index in [0.29, 0.717) is 12.7 Å². The van der Waals surface area contributed by atoms with Gasteiger partial charge in [0.1, 0.15) is 0 Å². The number of hydrogen-bond donors (Lipinski definition) is 1. The molecule has 20 heavy (non-hydrogen) atoms. The van der Waals surface area contributed by atoms with Gasteiger partial charge in [0.15, 0.2) is 0 Å². The second-order valence-corrected chi connectivity index (χ2v) is 6.20. The second-order valence-electron chi connectivity index (χ2n) is 6.20. The van der Waals surface area contributed by atoms with Gasteiger partial charge in [-0.2, -0.15) is 0 Å². The highest BCUT2D eigenvalue weighted by molar-refractivity contribution is 5.11. The van der Waals surface area contributed by atoms with Crippen LogP contribution >= 0.6 is 0 Å². The Morgan fingerprint density at radius 3 is 2.50 bits per heavy atom. The van der Waals surface area contributed by atoms with Crippen LogP contribution < -0.4 is 5.32 Å². The highest BCUT2D eigenvalue weighted by Crippen LogP contribution is 2.21. The average molecular weight is 274 g/mol. The van der Waals surface area contributed by atoms with Crippen LogP contribution in [-0.2, 0) is 17.9 Å². The average Bonchev–Trinajstić information content (AvgIpc) is 3.31. The van der Waals surface area contributed by atoms with E-state index in [1.165, 1.54) is 51.4 Å². The molecule has 1 aromatic rings. The van der Waals surface area contributed by atoms with Crippen LogP contribution in [0.1, 0.15) is 62.8 Å². The van der Waals surface area contributed by atoms with Gasteiger partial charge in [-0.05, 0) is 37.8 Å². The van der Waals surface area contributed by atoms with Crippen molar-refractivity contribution in [2.45, 2.75) is 76.7 Å². The molecule has 1 aromatic heterocycles. The van der Waals surface area contributed by atoms with Crippen LogP contribution in [-0.4, -0.2) is 17.1 Å². The van der Waals surface area contributed by atoms with E-state index in [1.54, 1.807) is 0 Å². The lowest BCUT2D eigenvalue weighted by atomic mass is 10.1. The van der Waals surface area contributed by atoms with Crippen molar-refractivity contribution in [2.24, 2.45) is 0 Å². The fourth-order valence-electron chi connectivity index (χ4n) is 2.86. The first kappa shape index (κ1) is 14.0. The van der Waals surface area contributed by atoms with Crippen molar-refractivity contribution in [3.63, 3.8) is 0 Å². The monoisotopic (exact) mass is 274 g/mol. The first-order valence-electron chi connectivity index (χ1n) is 8.20. The lowest BCUT2D eigenvalue weighted by Crippen LogP contribution is -2.17. The molecule has 0 saturated heterocycles. The second kappa shape index (κ2) is 7.19. The van der Waals surface area contributed by atoms with Gasteiger partial charge in [0.25, 0.3) is 0 Å². The molecule has 1 heterocycles. The molecule has 1 N–H and O–H groups in total. The maximum Gasteiger partial charge on any atom is 0.0891 e. The molecular formula is C17H26N2O. The number of pyridine rings is 1. The van der Waals surface area contributed by atoms with Crippen molar-refractivity contribution in [3.05, 3.63) is 29.6 Å². The number of ether oxygens (including phenoxy) is 1. The van der Waals surface area contributed by atoms with Crippen LogP contribution in [0.25, 0.3) is 0 Å². The predicted octanol–water partition coefficient (Wildman–Crippen LogP) is 3.57. The molecule has 2 aliphatic carbocycles. The summed E-state index contributed by atoms with van der Waals surface area (Å²) in [7, 11) is 0. The summed E-state index contributed by atoms with van der Waals surface area (Å²) in [6.07, 6.45) is 10.9. The Morgan fingerprint density at radius 2 is 1.75 bits per heavy atom. The van der Waals surface area contributed by atoms with Crippen molar-refractivity contribution in [1.29, 1.82) is 0 Å². The molecule has 0 radical (unpaired) electrons. The standard InChI is InChI=1S/C17H26N2O/c1-2-4-9-17(8-3-1)20-13-16-7-5-6-15(19-16)12-18-14-10-11-14/h5-7,14,17-18H,1-4,8-13H2. The first-order chi connectivity index (χ1) is 9.90. The highest BCUT2D eigenvalue weighted by Gasteiger charge is 2.20. The van der Waals surface area contributed by atoms with E-state index in [-0.39, 0.29) is 0 Å². The zero-order valence-corrected chi connectivity index (χ0v) is 12.3. The van der Waals surface area contributed by atoms with E-state index in [0.717, 1.165) is 24.0 Å². The van der Waals surface area contributed by atoms with Gasteiger partial charge in [0.05, 0.1) is 24.1 Å². The molecule has 0 bridgehead atoms. The van der Waals surface area contributed by atoms with Gasteiger partial charge in [-0.25, -0.2) is 0 Å². The predicted molar refractivity (Wildman–Crippen MR) is 80.4 cm³/mol. The Balaban J connectivity index is 1.47. The van der Waals surface area contributed by atoms with E-state index in [2.05, 4.69) is 23.5 Å². The molecule has 0 unspecified atom stereocenters. The van der Waals surface area contributed by atoms with E-state index in [4.69, 9.17) is 9.72 Å². The van der Waals surface area contributed by atoms with Gasteiger partial charge in [-0.15, -0.1) is 0 Å². The summed E-state index contributed by atoms with van der Waals surface area (Å²) in [5.74, 6) is 0. The Morgan fingerprint density at radius 1 is 1.00 bits per heavy atom. The molecule has 0 amide bonds. The zero-order chi connectivity index (χ0) is 13.6. The number of nitrogens with zero attached hydrogens (tertiary/aromatic N) is 1. The highest BCUT2D eigenvalue weighted by atomic mass is 16.5. The van der Waals surface area contributed by atoms with Crippen molar-refractivity contribution >= 4 is 0 Å². The van der Waals surface area contributed by atoms with Crippen LogP contribution in [0, 0.1) is 0 Å². The van der Waals surface area contributed by atoms with Gasteiger partial charge >= 0.3 is 0 Å². The minimum atomic E-state index is 0.451. The largest absolute Gasteiger partial charge is 0.372 e. The SMILES string of the molecule is c1cc(CNC2CC2)nc(COC2CCCCCC2)c1. The van der Waals surface area contributed by atoms with Gasteiger partial charge < -0.3 is 10.1 Å². The molecule has 3 heteroatoms. The molecule has 0 atom stereocenters. The Bertz CT molecular complexity index is 409. The molecule has 0 aliphatic heterocycles.